The molecule has 0 heterocycles. The Morgan fingerprint density at radius 1 is 1.43 bits per heavy atom. The third-order valence-electron chi connectivity index (χ3n) is 3.36. The van der Waals surface area contributed by atoms with Gasteiger partial charge in [0.05, 0.1) is 24.8 Å². The first-order valence-electron chi connectivity index (χ1n) is 6.43. The summed E-state index contributed by atoms with van der Waals surface area (Å²) in [6.45, 7) is 0.238. The van der Waals surface area contributed by atoms with Gasteiger partial charge in [0.25, 0.3) is 0 Å². The smallest absolute Gasteiger partial charge is 0.306 e. The summed E-state index contributed by atoms with van der Waals surface area (Å²) in [6, 6.07) is 6.20. The van der Waals surface area contributed by atoms with Crippen LogP contribution in [0.1, 0.15) is 6.42 Å². The summed E-state index contributed by atoms with van der Waals surface area (Å²) in [5.74, 6) is 1.38. The summed E-state index contributed by atoms with van der Waals surface area (Å²) >= 11 is 0. The number of fused-ring (bicyclic) bond motifs is 1. The molecule has 1 aliphatic carbocycles. The van der Waals surface area contributed by atoms with Gasteiger partial charge >= 0.3 is 5.97 Å². The van der Waals surface area contributed by atoms with Crippen LogP contribution in [0.4, 0.5) is 0 Å². The van der Waals surface area contributed by atoms with E-state index in [0.717, 1.165) is 0 Å². The summed E-state index contributed by atoms with van der Waals surface area (Å²) in [4.78, 5) is 22.3. The van der Waals surface area contributed by atoms with Gasteiger partial charge in [-0.15, -0.1) is 0 Å². The standard InChI is InChI=1S/C15H16N2O4/c1-21-12(19)6-7-17-14-11(8-18)13(16)9-4-2-3-5-10(9)15(14)20/h2-5,14,17,20H,6-7,16H2,1H3. The van der Waals surface area contributed by atoms with Gasteiger partial charge in [-0.05, 0) is 0 Å². The number of hydrogen-bond donors (Lipinski definition) is 3. The van der Waals surface area contributed by atoms with E-state index < -0.39 is 6.04 Å². The van der Waals surface area contributed by atoms with Crippen molar-refractivity contribution in [1.29, 1.82) is 0 Å². The van der Waals surface area contributed by atoms with Gasteiger partial charge in [-0.3, -0.25) is 4.79 Å². The Bertz CT molecular complexity index is 732. The van der Waals surface area contributed by atoms with E-state index in [2.05, 4.69) is 10.1 Å². The minimum atomic E-state index is -0.776. The zero-order chi connectivity index (χ0) is 15.4. The minimum Gasteiger partial charge on any atom is -0.510 e. The lowest BCUT2D eigenvalue weighted by atomic mass is 9.94. The Morgan fingerprint density at radius 3 is 2.71 bits per heavy atom. The summed E-state index contributed by atoms with van der Waals surface area (Å²) in [7, 11) is 1.30. The first-order valence-corrected chi connectivity index (χ1v) is 6.43. The second kappa shape index (κ2) is 6.26. The molecule has 21 heavy (non-hydrogen) atoms. The monoisotopic (exact) mass is 288 g/mol. The van der Waals surface area contributed by atoms with E-state index >= 15 is 0 Å². The zero-order valence-corrected chi connectivity index (χ0v) is 11.6. The van der Waals surface area contributed by atoms with Gasteiger partial charge in [0, 0.05) is 17.0 Å². The molecule has 1 atom stereocenters. The molecule has 6 heteroatoms. The molecule has 0 radical (unpaired) electrons. The predicted molar refractivity (Wildman–Crippen MR) is 77.0 cm³/mol. The van der Waals surface area contributed by atoms with Crippen molar-refractivity contribution >= 4 is 23.4 Å². The number of esters is 1. The lowest BCUT2D eigenvalue weighted by Gasteiger charge is -2.22. The normalized spacial score (nSPS) is 17.2. The molecule has 0 bridgehead atoms. The number of nitrogens with two attached hydrogens (primary N) is 1. The summed E-state index contributed by atoms with van der Waals surface area (Å²) in [5, 5.41) is 14.4. The largest absolute Gasteiger partial charge is 0.510 e. The fourth-order valence-corrected chi connectivity index (χ4v) is 2.27. The van der Waals surface area contributed by atoms with E-state index in [4.69, 9.17) is 5.73 Å². The van der Waals surface area contributed by atoms with Crippen molar-refractivity contribution in [3.8, 4) is 0 Å². The van der Waals surface area contributed by atoms with Crippen molar-refractivity contribution < 1.29 is 19.4 Å². The van der Waals surface area contributed by atoms with Gasteiger partial charge in [-0.1, -0.05) is 24.3 Å². The van der Waals surface area contributed by atoms with Crippen LogP contribution in [0.25, 0.3) is 11.5 Å². The third kappa shape index (κ3) is 2.81. The van der Waals surface area contributed by atoms with Gasteiger partial charge in [0.1, 0.15) is 17.7 Å². The van der Waals surface area contributed by atoms with Crippen molar-refractivity contribution in [2.24, 2.45) is 5.73 Å². The number of carbonyl (C=O) groups is 1. The number of benzene rings is 1. The quantitative estimate of drug-likeness (QED) is 0.471. The van der Waals surface area contributed by atoms with E-state index in [1.807, 2.05) is 0 Å². The topological polar surface area (TPSA) is 102 Å². The highest BCUT2D eigenvalue weighted by atomic mass is 16.5. The van der Waals surface area contributed by atoms with Crippen molar-refractivity contribution in [2.45, 2.75) is 12.5 Å². The van der Waals surface area contributed by atoms with Crippen molar-refractivity contribution in [1.82, 2.24) is 5.32 Å². The number of carbonyl (C=O) groups excluding carboxylic acids is 2. The lowest BCUT2D eigenvalue weighted by molar-refractivity contribution is -0.140. The molecule has 1 aromatic rings. The number of hydrogen-bond acceptors (Lipinski definition) is 6. The molecular weight excluding hydrogens is 272 g/mol. The highest BCUT2D eigenvalue weighted by molar-refractivity contribution is 5.84. The van der Waals surface area contributed by atoms with Crippen molar-refractivity contribution in [3.63, 3.8) is 0 Å². The maximum atomic E-state index is 11.2. The number of rotatable bonds is 4. The van der Waals surface area contributed by atoms with E-state index in [1.54, 1.807) is 30.2 Å². The second-order valence-electron chi connectivity index (χ2n) is 4.57. The van der Waals surface area contributed by atoms with Crippen LogP contribution >= 0.6 is 0 Å². The van der Waals surface area contributed by atoms with Crippen LogP contribution < -0.4 is 21.5 Å². The average Bonchev–Trinajstić information content (AvgIpc) is 2.52. The van der Waals surface area contributed by atoms with Crippen LogP contribution in [-0.4, -0.2) is 36.7 Å². The number of aliphatic hydroxyl groups excluding tert-OH is 1. The molecule has 1 unspecified atom stereocenters. The van der Waals surface area contributed by atoms with Crippen LogP contribution in [-0.2, 0) is 14.3 Å². The SMILES string of the molecule is COC(=O)CCNC1C(=C=O)C(N)=c2ccccc2=C1O. The Balaban J connectivity index is 2.37. The molecule has 4 N–H and O–H groups in total. The van der Waals surface area contributed by atoms with Gasteiger partial charge in [-0.2, -0.15) is 0 Å². The van der Waals surface area contributed by atoms with E-state index in [0.29, 0.717) is 10.4 Å². The summed E-state index contributed by atoms with van der Waals surface area (Å²) in [5.41, 5.74) is 6.38. The van der Waals surface area contributed by atoms with Crippen LogP contribution in [0.2, 0.25) is 0 Å². The molecule has 0 aromatic heterocycles. The minimum absolute atomic E-state index is 0.0111. The Morgan fingerprint density at radius 2 is 2.10 bits per heavy atom. The molecule has 0 saturated heterocycles. The molecule has 0 saturated carbocycles. The fourth-order valence-electron chi connectivity index (χ4n) is 2.27. The Hall–Kier alpha value is -2.56. The molecule has 1 aromatic carbocycles. The molecule has 2 rings (SSSR count). The molecule has 0 aliphatic heterocycles. The summed E-state index contributed by atoms with van der Waals surface area (Å²) < 4.78 is 4.53. The van der Waals surface area contributed by atoms with Gasteiger partial charge in [0.15, 0.2) is 0 Å². The van der Waals surface area contributed by atoms with E-state index in [9.17, 15) is 14.7 Å². The van der Waals surface area contributed by atoms with E-state index in [-0.39, 0.29) is 36.0 Å². The fraction of sp³-hybridized carbons (Fsp3) is 0.267. The number of ether oxygens (including phenoxy) is 1. The van der Waals surface area contributed by atoms with Crippen LogP contribution in [0.15, 0.2) is 29.8 Å². The molecule has 1 aliphatic rings. The van der Waals surface area contributed by atoms with Crippen molar-refractivity contribution in [2.75, 3.05) is 13.7 Å². The predicted octanol–water partition coefficient (Wildman–Crippen LogP) is -1.29. The first-order chi connectivity index (χ1) is 10.1. The maximum Gasteiger partial charge on any atom is 0.306 e. The molecular formula is C15H16N2O4. The first kappa shape index (κ1) is 14.8. The van der Waals surface area contributed by atoms with Crippen LogP contribution in [0, 0.1) is 0 Å². The Labute approximate surface area is 121 Å². The number of nitrogens with one attached hydrogen (secondary N) is 1. The second-order valence-corrected chi connectivity index (χ2v) is 4.57. The molecule has 0 fully saturated rings. The summed E-state index contributed by atoms with van der Waals surface area (Å²) in [6.07, 6.45) is 0.119. The molecule has 0 spiro atoms. The molecule has 6 nitrogen and oxygen atoms in total. The Kier molecular flexibility index (Phi) is 4.42. The highest BCUT2D eigenvalue weighted by Gasteiger charge is 2.26. The lowest BCUT2D eigenvalue weighted by Crippen LogP contribution is -2.47. The average molecular weight is 288 g/mol. The maximum absolute atomic E-state index is 11.2. The third-order valence-corrected chi connectivity index (χ3v) is 3.36. The molecule has 0 amide bonds. The molecule has 110 valence electrons. The highest BCUT2D eigenvalue weighted by Crippen LogP contribution is 2.15. The number of methoxy groups -OCH3 is 1. The van der Waals surface area contributed by atoms with Crippen molar-refractivity contribution in [3.05, 3.63) is 40.3 Å². The van der Waals surface area contributed by atoms with Crippen LogP contribution in [0.3, 0.4) is 0 Å². The van der Waals surface area contributed by atoms with Crippen LogP contribution in [0.5, 0.6) is 0 Å². The van der Waals surface area contributed by atoms with Gasteiger partial charge in [0.2, 0.25) is 0 Å². The van der Waals surface area contributed by atoms with E-state index in [1.165, 1.54) is 7.11 Å². The zero-order valence-electron chi connectivity index (χ0n) is 11.6. The number of aliphatic hydroxyl groups is 1. The van der Waals surface area contributed by atoms with Gasteiger partial charge < -0.3 is 20.9 Å². The van der Waals surface area contributed by atoms with Gasteiger partial charge in [-0.25, -0.2) is 4.79 Å².